The van der Waals surface area contributed by atoms with E-state index in [9.17, 15) is 5.26 Å². The van der Waals surface area contributed by atoms with Gasteiger partial charge in [0.2, 0.25) is 0 Å². The standard InChI is InChI=1S/C15H13N3/c16-9-15(8-14(15)3-4-14)12-2-1-10-7-18-13(17)6-11(10)5-12/h1-2,5-7H,3-4,8H2,(H2,17,18). The van der Waals surface area contributed by atoms with Crippen molar-refractivity contribution in [2.45, 2.75) is 24.7 Å². The van der Waals surface area contributed by atoms with Crippen molar-refractivity contribution in [3.05, 3.63) is 36.0 Å². The first-order valence-corrected chi connectivity index (χ1v) is 6.26. The molecule has 0 aliphatic heterocycles. The Hall–Kier alpha value is -2.08. The summed E-state index contributed by atoms with van der Waals surface area (Å²) in [5.74, 6) is 0.530. The quantitative estimate of drug-likeness (QED) is 0.826. The maximum Gasteiger partial charge on any atom is 0.123 e. The van der Waals surface area contributed by atoms with Crippen molar-refractivity contribution in [3.8, 4) is 6.07 Å². The molecular weight excluding hydrogens is 222 g/mol. The molecule has 1 unspecified atom stereocenters. The minimum absolute atomic E-state index is 0.223. The van der Waals surface area contributed by atoms with E-state index in [0.29, 0.717) is 11.2 Å². The van der Waals surface area contributed by atoms with Crippen LogP contribution in [0.25, 0.3) is 10.8 Å². The fourth-order valence-corrected chi connectivity index (χ4v) is 3.27. The summed E-state index contributed by atoms with van der Waals surface area (Å²) in [5.41, 5.74) is 6.96. The summed E-state index contributed by atoms with van der Waals surface area (Å²) in [6.07, 6.45) is 5.23. The van der Waals surface area contributed by atoms with Crippen LogP contribution in [0.15, 0.2) is 30.5 Å². The van der Waals surface area contributed by atoms with Crippen LogP contribution in [0.1, 0.15) is 24.8 Å². The number of hydrogen-bond donors (Lipinski definition) is 1. The molecule has 3 nitrogen and oxygen atoms in total. The van der Waals surface area contributed by atoms with Crippen molar-refractivity contribution < 1.29 is 0 Å². The number of benzene rings is 1. The van der Waals surface area contributed by atoms with E-state index in [0.717, 1.165) is 22.8 Å². The van der Waals surface area contributed by atoms with Gasteiger partial charge in [-0.25, -0.2) is 4.98 Å². The van der Waals surface area contributed by atoms with Gasteiger partial charge in [0.15, 0.2) is 0 Å². The molecule has 2 aliphatic carbocycles. The Labute approximate surface area is 105 Å². The number of anilines is 1. The molecule has 0 amide bonds. The predicted octanol–water partition coefficient (Wildman–Crippen LogP) is 2.76. The molecule has 2 aliphatic rings. The minimum Gasteiger partial charge on any atom is -0.384 e. The van der Waals surface area contributed by atoms with E-state index in [1.165, 1.54) is 12.8 Å². The van der Waals surface area contributed by atoms with Crippen molar-refractivity contribution in [1.82, 2.24) is 4.98 Å². The highest BCUT2D eigenvalue weighted by Gasteiger charge is 2.75. The van der Waals surface area contributed by atoms with Crippen LogP contribution >= 0.6 is 0 Å². The van der Waals surface area contributed by atoms with E-state index in [-0.39, 0.29) is 5.41 Å². The Kier molecular flexibility index (Phi) is 1.56. The summed E-state index contributed by atoms with van der Waals surface area (Å²) in [4.78, 5) is 4.09. The Morgan fingerprint density at radius 2 is 2.06 bits per heavy atom. The number of rotatable bonds is 1. The molecule has 1 aromatic heterocycles. The highest BCUT2D eigenvalue weighted by atomic mass is 14.8. The summed E-state index contributed by atoms with van der Waals surface area (Å²) < 4.78 is 0. The van der Waals surface area contributed by atoms with Gasteiger partial charge >= 0.3 is 0 Å². The van der Waals surface area contributed by atoms with Gasteiger partial charge in [0.05, 0.1) is 11.5 Å². The van der Waals surface area contributed by atoms with Crippen LogP contribution in [0, 0.1) is 16.7 Å². The van der Waals surface area contributed by atoms with E-state index in [1.807, 2.05) is 12.1 Å². The summed E-state index contributed by atoms with van der Waals surface area (Å²) in [7, 11) is 0. The first kappa shape index (κ1) is 9.90. The smallest absolute Gasteiger partial charge is 0.123 e. The maximum absolute atomic E-state index is 9.53. The van der Waals surface area contributed by atoms with Gasteiger partial charge in [-0.15, -0.1) is 0 Å². The minimum atomic E-state index is -0.223. The number of pyridine rings is 1. The molecule has 88 valence electrons. The molecule has 1 spiro atoms. The highest BCUT2D eigenvalue weighted by molar-refractivity contribution is 5.85. The van der Waals surface area contributed by atoms with Crippen molar-refractivity contribution in [1.29, 1.82) is 5.26 Å². The zero-order valence-electron chi connectivity index (χ0n) is 9.98. The number of hydrogen-bond acceptors (Lipinski definition) is 3. The second kappa shape index (κ2) is 2.84. The maximum atomic E-state index is 9.53. The molecule has 2 fully saturated rings. The van der Waals surface area contributed by atoms with Crippen LogP contribution < -0.4 is 5.73 Å². The van der Waals surface area contributed by atoms with E-state index in [2.05, 4.69) is 23.2 Å². The largest absolute Gasteiger partial charge is 0.384 e. The van der Waals surface area contributed by atoms with Crippen molar-refractivity contribution in [3.63, 3.8) is 0 Å². The lowest BCUT2D eigenvalue weighted by atomic mass is 9.92. The van der Waals surface area contributed by atoms with E-state index >= 15 is 0 Å². The summed E-state index contributed by atoms with van der Waals surface area (Å²) in [6, 6.07) is 10.7. The van der Waals surface area contributed by atoms with Crippen LogP contribution in [0.2, 0.25) is 0 Å². The van der Waals surface area contributed by atoms with E-state index < -0.39 is 0 Å². The average molecular weight is 235 g/mol. The zero-order chi connectivity index (χ0) is 12.4. The molecule has 0 radical (unpaired) electrons. The molecule has 2 N–H and O–H groups in total. The second-order valence-electron chi connectivity index (χ2n) is 5.65. The lowest BCUT2D eigenvalue weighted by Crippen LogP contribution is -2.07. The summed E-state index contributed by atoms with van der Waals surface area (Å²) in [6.45, 7) is 0. The third-order valence-electron chi connectivity index (χ3n) is 4.66. The monoisotopic (exact) mass is 235 g/mol. The molecule has 0 saturated heterocycles. The molecule has 1 heterocycles. The number of nitrogens with two attached hydrogens (primary N) is 1. The van der Waals surface area contributed by atoms with Gasteiger partial charge in [0.25, 0.3) is 0 Å². The van der Waals surface area contributed by atoms with E-state index in [1.54, 1.807) is 6.20 Å². The van der Waals surface area contributed by atoms with E-state index in [4.69, 9.17) is 5.73 Å². The molecule has 3 heteroatoms. The third-order valence-corrected chi connectivity index (χ3v) is 4.66. The lowest BCUT2D eigenvalue weighted by Gasteiger charge is -2.10. The van der Waals surface area contributed by atoms with Crippen molar-refractivity contribution >= 4 is 16.6 Å². The predicted molar refractivity (Wildman–Crippen MR) is 69.7 cm³/mol. The van der Waals surface area contributed by atoms with Gasteiger partial charge in [0.1, 0.15) is 5.82 Å². The van der Waals surface area contributed by atoms with Crippen LogP contribution in [0.5, 0.6) is 0 Å². The van der Waals surface area contributed by atoms with Crippen LogP contribution in [0.4, 0.5) is 5.82 Å². The average Bonchev–Trinajstić information content (AvgIpc) is 3.28. The number of aromatic nitrogens is 1. The van der Waals surface area contributed by atoms with Crippen LogP contribution in [0.3, 0.4) is 0 Å². The Balaban J connectivity index is 1.90. The molecule has 4 rings (SSSR count). The normalized spacial score (nSPS) is 27.1. The number of nitriles is 1. The van der Waals surface area contributed by atoms with Gasteiger partial charge in [-0.05, 0) is 47.8 Å². The molecule has 1 aromatic carbocycles. The first-order valence-electron chi connectivity index (χ1n) is 6.26. The molecule has 18 heavy (non-hydrogen) atoms. The first-order chi connectivity index (χ1) is 8.69. The topological polar surface area (TPSA) is 62.7 Å². The SMILES string of the molecule is N#CC1(c2ccc3cnc(N)cc3c2)CC12CC2. The van der Waals surface area contributed by atoms with Gasteiger partial charge in [-0.3, -0.25) is 0 Å². The second-order valence-corrected chi connectivity index (χ2v) is 5.65. The van der Waals surface area contributed by atoms with Gasteiger partial charge in [0, 0.05) is 11.6 Å². The number of nitrogens with zero attached hydrogens (tertiary/aromatic N) is 2. The summed E-state index contributed by atoms with van der Waals surface area (Å²) in [5, 5.41) is 11.7. The molecule has 2 saturated carbocycles. The van der Waals surface area contributed by atoms with Gasteiger partial charge in [-0.1, -0.05) is 12.1 Å². The highest BCUT2D eigenvalue weighted by Crippen LogP contribution is 2.78. The number of nitrogen functional groups attached to an aromatic ring is 1. The Bertz CT molecular complexity index is 709. The fourth-order valence-electron chi connectivity index (χ4n) is 3.27. The Morgan fingerprint density at radius 1 is 1.22 bits per heavy atom. The Morgan fingerprint density at radius 3 is 2.72 bits per heavy atom. The molecular formula is C15H13N3. The van der Waals surface area contributed by atoms with Crippen molar-refractivity contribution in [2.75, 3.05) is 5.73 Å². The van der Waals surface area contributed by atoms with Gasteiger partial charge in [-0.2, -0.15) is 5.26 Å². The molecule has 1 atom stereocenters. The van der Waals surface area contributed by atoms with Crippen LogP contribution in [-0.2, 0) is 5.41 Å². The zero-order valence-corrected chi connectivity index (χ0v) is 9.98. The third kappa shape index (κ3) is 1.06. The fraction of sp³-hybridized carbons (Fsp3) is 0.333. The van der Waals surface area contributed by atoms with Crippen molar-refractivity contribution in [2.24, 2.45) is 5.41 Å². The number of fused-ring (bicyclic) bond motifs is 1. The lowest BCUT2D eigenvalue weighted by molar-refractivity contribution is 0.738. The van der Waals surface area contributed by atoms with Gasteiger partial charge < -0.3 is 5.73 Å². The summed E-state index contributed by atoms with van der Waals surface area (Å²) >= 11 is 0. The molecule has 0 bridgehead atoms. The van der Waals surface area contributed by atoms with Crippen LogP contribution in [-0.4, -0.2) is 4.98 Å². The molecule has 2 aromatic rings.